The zero-order valence-corrected chi connectivity index (χ0v) is 7.97. The molecule has 0 bridgehead atoms. The second-order valence-corrected chi connectivity index (χ2v) is 3.13. The van der Waals surface area contributed by atoms with Gasteiger partial charge in [0.25, 0.3) is 0 Å². The Labute approximate surface area is 74.1 Å². The van der Waals surface area contributed by atoms with Crippen LogP contribution >= 0.6 is 23.5 Å². The molecule has 0 atom stereocenters. The molecule has 0 aliphatic carbocycles. The van der Waals surface area contributed by atoms with Gasteiger partial charge in [0.15, 0.2) is 5.17 Å². The molecule has 0 aromatic heterocycles. The maximum Gasteiger partial charge on any atom is 0.180 e. The molecule has 62 valence electrons. The molecule has 0 aliphatic rings. The molecular formula is C5H10N4S2. The molecule has 0 aromatic rings. The molecule has 0 saturated carbocycles. The minimum atomic E-state index is -0.0868. The molecule has 0 fully saturated rings. The zero-order chi connectivity index (χ0) is 8.85. The maximum atomic E-state index is 7.17. The van der Waals surface area contributed by atoms with Gasteiger partial charge in [0.2, 0.25) is 0 Å². The largest absolute Gasteiger partial charge is 0.382 e. The first kappa shape index (κ1) is 10.5. The lowest BCUT2D eigenvalue weighted by Gasteiger charge is -1.98. The lowest BCUT2D eigenvalue weighted by Crippen LogP contribution is -2.20. The van der Waals surface area contributed by atoms with Crippen LogP contribution in [0.3, 0.4) is 0 Å². The summed E-state index contributed by atoms with van der Waals surface area (Å²) in [7, 11) is 0. The number of nitrogens with two attached hydrogens (primary N) is 1. The van der Waals surface area contributed by atoms with Gasteiger partial charge in [-0.05, 0) is 12.5 Å². The number of rotatable bonds is 0. The van der Waals surface area contributed by atoms with Gasteiger partial charge in [-0.1, -0.05) is 11.8 Å². The first-order valence-corrected chi connectivity index (χ1v) is 5.16. The first-order valence-electron chi connectivity index (χ1n) is 2.71. The van der Waals surface area contributed by atoms with Gasteiger partial charge in [0, 0.05) is 0 Å². The molecule has 6 heteroatoms. The monoisotopic (exact) mass is 190 g/mol. The third kappa shape index (κ3) is 4.05. The van der Waals surface area contributed by atoms with Crippen LogP contribution < -0.4 is 5.73 Å². The maximum absolute atomic E-state index is 7.17. The first-order chi connectivity index (χ1) is 5.11. The Morgan fingerprint density at radius 2 is 1.82 bits per heavy atom. The topological polar surface area (TPSA) is 86.1 Å². The molecule has 4 nitrogen and oxygen atoms in total. The predicted molar refractivity (Wildman–Crippen MR) is 54.1 cm³/mol. The summed E-state index contributed by atoms with van der Waals surface area (Å²) in [6, 6.07) is 0. The van der Waals surface area contributed by atoms with Gasteiger partial charge >= 0.3 is 0 Å². The van der Waals surface area contributed by atoms with Crippen LogP contribution in [-0.4, -0.2) is 28.6 Å². The lowest BCUT2D eigenvalue weighted by atomic mass is 10.7. The number of amidine groups is 2. The van der Waals surface area contributed by atoms with Gasteiger partial charge in [-0.3, -0.25) is 10.8 Å². The molecule has 0 radical (unpaired) electrons. The van der Waals surface area contributed by atoms with E-state index in [0.29, 0.717) is 5.04 Å². The van der Waals surface area contributed by atoms with Crippen LogP contribution in [-0.2, 0) is 0 Å². The summed E-state index contributed by atoms with van der Waals surface area (Å²) >= 11 is 2.48. The number of thioether (sulfide) groups is 2. The fourth-order valence-corrected chi connectivity index (χ4v) is 0.997. The molecule has 0 aromatic carbocycles. The summed E-state index contributed by atoms with van der Waals surface area (Å²) in [5.41, 5.74) is 5.18. The van der Waals surface area contributed by atoms with Crippen LogP contribution in [0.1, 0.15) is 0 Å². The molecule has 0 spiro atoms. The standard InChI is InChI=1S/C5H10N4S2/c1-10-4(3(6)7)9-5(8)11-2/h8H,1-2H3,(H3,6,7)/b8-5?,9-4+. The number of nitrogens with zero attached hydrogens (tertiary/aromatic N) is 1. The van der Waals surface area contributed by atoms with Gasteiger partial charge in [-0.25, -0.2) is 4.99 Å². The average molecular weight is 190 g/mol. The normalized spacial score (nSPS) is 11.3. The Balaban J connectivity index is 4.35. The lowest BCUT2D eigenvalue weighted by molar-refractivity contribution is 1.47. The molecule has 0 unspecified atom stereocenters. The van der Waals surface area contributed by atoms with Gasteiger partial charge in [-0.15, -0.1) is 11.8 Å². The fourth-order valence-electron chi connectivity index (χ4n) is 0.354. The SMILES string of the molecule is CSC(=N)/N=C(/SC)C(=N)N. The van der Waals surface area contributed by atoms with Crippen molar-refractivity contribution in [2.24, 2.45) is 10.7 Å². The smallest absolute Gasteiger partial charge is 0.180 e. The van der Waals surface area contributed by atoms with Crippen LogP contribution in [0.4, 0.5) is 0 Å². The van der Waals surface area contributed by atoms with Crippen molar-refractivity contribution in [3.05, 3.63) is 0 Å². The van der Waals surface area contributed by atoms with Crippen molar-refractivity contribution in [1.82, 2.24) is 0 Å². The molecule has 0 amide bonds. The highest BCUT2D eigenvalue weighted by Crippen LogP contribution is 2.03. The summed E-state index contributed by atoms with van der Waals surface area (Å²) in [4.78, 5) is 3.79. The van der Waals surface area contributed by atoms with E-state index in [9.17, 15) is 0 Å². The molecule has 4 N–H and O–H groups in total. The summed E-state index contributed by atoms with van der Waals surface area (Å²) in [6.07, 6.45) is 3.53. The van der Waals surface area contributed by atoms with E-state index in [0.717, 1.165) is 0 Å². The highest BCUT2D eigenvalue weighted by atomic mass is 32.2. The van der Waals surface area contributed by atoms with Crippen molar-refractivity contribution in [2.75, 3.05) is 12.5 Å². The summed E-state index contributed by atoms with van der Waals surface area (Å²) in [5, 5.41) is 14.8. The van der Waals surface area contributed by atoms with Crippen LogP contribution in [0.2, 0.25) is 0 Å². The Hall–Kier alpha value is -0.490. The van der Waals surface area contributed by atoms with Gasteiger partial charge in [0.05, 0.1) is 0 Å². The Bertz CT molecular complexity index is 199. The van der Waals surface area contributed by atoms with E-state index in [2.05, 4.69) is 4.99 Å². The van der Waals surface area contributed by atoms with E-state index in [-0.39, 0.29) is 11.0 Å². The number of nitrogens with one attached hydrogen (secondary N) is 2. The molecule has 0 heterocycles. The van der Waals surface area contributed by atoms with Gasteiger partial charge in [0.1, 0.15) is 10.9 Å². The van der Waals surface area contributed by atoms with Gasteiger partial charge < -0.3 is 5.73 Å². The third-order valence-electron chi connectivity index (χ3n) is 0.820. The van der Waals surface area contributed by atoms with E-state index in [1.54, 1.807) is 12.5 Å². The highest BCUT2D eigenvalue weighted by molar-refractivity contribution is 8.16. The second-order valence-electron chi connectivity index (χ2n) is 1.54. The molecular weight excluding hydrogens is 180 g/mol. The quantitative estimate of drug-likeness (QED) is 0.393. The number of hydrogen-bond donors (Lipinski definition) is 3. The zero-order valence-electron chi connectivity index (χ0n) is 6.34. The fraction of sp³-hybridized carbons (Fsp3) is 0.400. The van der Waals surface area contributed by atoms with Crippen LogP contribution in [0, 0.1) is 10.8 Å². The van der Waals surface area contributed by atoms with Crippen molar-refractivity contribution in [2.45, 2.75) is 0 Å². The van der Waals surface area contributed by atoms with E-state index in [1.807, 2.05) is 0 Å². The second kappa shape index (κ2) is 5.20. The number of hydrogen-bond acceptors (Lipinski definition) is 4. The minimum absolute atomic E-state index is 0.0868. The van der Waals surface area contributed by atoms with Gasteiger partial charge in [-0.2, -0.15) is 0 Å². The predicted octanol–water partition coefficient (Wildman–Crippen LogP) is 0.982. The van der Waals surface area contributed by atoms with E-state index in [4.69, 9.17) is 16.6 Å². The molecule has 0 rings (SSSR count). The van der Waals surface area contributed by atoms with Crippen LogP contribution in [0.25, 0.3) is 0 Å². The summed E-state index contributed by atoms with van der Waals surface area (Å²) in [6.45, 7) is 0. The van der Waals surface area contributed by atoms with Crippen molar-refractivity contribution in [3.63, 3.8) is 0 Å². The molecule has 0 aliphatic heterocycles. The molecule has 11 heavy (non-hydrogen) atoms. The van der Waals surface area contributed by atoms with Crippen LogP contribution in [0.15, 0.2) is 4.99 Å². The Morgan fingerprint density at radius 1 is 1.27 bits per heavy atom. The minimum Gasteiger partial charge on any atom is -0.382 e. The van der Waals surface area contributed by atoms with Crippen molar-refractivity contribution in [1.29, 1.82) is 10.8 Å². The van der Waals surface area contributed by atoms with Crippen molar-refractivity contribution in [3.8, 4) is 0 Å². The third-order valence-corrected chi connectivity index (χ3v) is 2.00. The Kier molecular flexibility index (Phi) is 4.97. The Morgan fingerprint density at radius 3 is 2.09 bits per heavy atom. The van der Waals surface area contributed by atoms with Crippen molar-refractivity contribution < 1.29 is 0 Å². The van der Waals surface area contributed by atoms with Crippen LogP contribution in [0.5, 0.6) is 0 Å². The summed E-state index contributed by atoms with van der Waals surface area (Å²) < 4.78 is 0. The number of aliphatic imine (C=N–C) groups is 1. The summed E-state index contributed by atoms with van der Waals surface area (Å²) in [5.74, 6) is -0.0868. The highest BCUT2D eigenvalue weighted by Gasteiger charge is 2.01. The van der Waals surface area contributed by atoms with E-state index >= 15 is 0 Å². The average Bonchev–Trinajstić information content (AvgIpc) is 1.99. The van der Waals surface area contributed by atoms with Crippen molar-refractivity contribution >= 4 is 39.6 Å². The molecule has 0 saturated heterocycles. The van der Waals surface area contributed by atoms with E-state index < -0.39 is 0 Å². The van der Waals surface area contributed by atoms with E-state index in [1.165, 1.54) is 23.5 Å².